The van der Waals surface area contributed by atoms with Crippen molar-refractivity contribution < 1.29 is 13.2 Å². The fraction of sp³-hybridized carbons (Fsp3) is 0.708. The summed E-state index contributed by atoms with van der Waals surface area (Å²) in [6, 6.07) is 5.07. The number of hydrogen-bond donors (Lipinski definition) is 3. The van der Waals surface area contributed by atoms with Gasteiger partial charge in [0.2, 0.25) is 5.82 Å². The number of halogens is 3. The van der Waals surface area contributed by atoms with Crippen LogP contribution in [-0.2, 0) is 6.18 Å². The van der Waals surface area contributed by atoms with Gasteiger partial charge in [-0.3, -0.25) is 0 Å². The van der Waals surface area contributed by atoms with E-state index >= 15 is 0 Å². The van der Waals surface area contributed by atoms with Crippen molar-refractivity contribution >= 4 is 0 Å². The van der Waals surface area contributed by atoms with Gasteiger partial charge in [-0.05, 0) is 112 Å². The van der Waals surface area contributed by atoms with E-state index in [1.165, 1.54) is 50.7 Å². The summed E-state index contributed by atoms with van der Waals surface area (Å²) in [6.45, 7) is 2.33. The monoisotopic (exact) mass is 462 g/mol. The third-order valence-electron chi connectivity index (χ3n) is 8.32. The highest BCUT2D eigenvalue weighted by atomic mass is 19.4. The van der Waals surface area contributed by atoms with Crippen LogP contribution in [0.2, 0.25) is 0 Å². The highest BCUT2D eigenvalue weighted by Crippen LogP contribution is 2.44. The van der Waals surface area contributed by atoms with Crippen molar-refractivity contribution in [3.8, 4) is 11.4 Å². The quantitative estimate of drug-likeness (QED) is 0.608. The number of tetrazole rings is 1. The van der Waals surface area contributed by atoms with Crippen LogP contribution in [0.4, 0.5) is 13.2 Å². The Morgan fingerprint density at radius 2 is 1.61 bits per heavy atom. The van der Waals surface area contributed by atoms with Gasteiger partial charge in [-0.2, -0.15) is 18.4 Å². The van der Waals surface area contributed by atoms with Gasteiger partial charge in [0.1, 0.15) is 0 Å². The van der Waals surface area contributed by atoms with Gasteiger partial charge in [-0.15, -0.1) is 10.2 Å². The van der Waals surface area contributed by atoms with Gasteiger partial charge in [0, 0.05) is 17.6 Å². The van der Waals surface area contributed by atoms with E-state index in [0.717, 1.165) is 44.3 Å². The lowest BCUT2D eigenvalue weighted by Gasteiger charge is -2.44. The zero-order valence-electron chi connectivity index (χ0n) is 18.9. The van der Waals surface area contributed by atoms with Crippen LogP contribution >= 0.6 is 0 Å². The van der Waals surface area contributed by atoms with E-state index in [1.54, 1.807) is 6.07 Å². The van der Waals surface area contributed by atoms with E-state index in [4.69, 9.17) is 0 Å². The summed E-state index contributed by atoms with van der Waals surface area (Å²) in [4.78, 5) is 0. The number of nitrogens with zero attached hydrogens (tertiary/aromatic N) is 3. The van der Waals surface area contributed by atoms with Gasteiger partial charge in [0.05, 0.1) is 5.56 Å². The van der Waals surface area contributed by atoms with Crippen molar-refractivity contribution in [2.45, 2.75) is 88.4 Å². The number of hydrogen-bond acceptors (Lipinski definition) is 5. The Kier molecular flexibility index (Phi) is 6.44. The Bertz CT molecular complexity index is 905. The lowest BCUT2D eigenvalue weighted by molar-refractivity contribution is -0.137. The molecule has 0 radical (unpaired) electrons. The standard InChI is InChI=1S/C24H33F3N6/c25-24(26,27)17-3-6-20(21(15-17)22-30-32-33-31-22)16-1-4-18(5-2-16)29-19-7-9-23(10-8-19)11-13-28-14-12-23/h3,6,15-16,18-19,28-29H,1-2,4-5,7-14H2,(H,30,31,32,33). The highest BCUT2D eigenvalue weighted by molar-refractivity contribution is 5.62. The second-order valence-electron chi connectivity index (χ2n) is 10.3. The zero-order chi connectivity index (χ0) is 22.9. The van der Waals surface area contributed by atoms with E-state index in [1.807, 2.05) is 0 Å². The summed E-state index contributed by atoms with van der Waals surface area (Å²) in [6.07, 6.45) is 7.44. The Labute approximate surface area is 192 Å². The Hall–Kier alpha value is -2.00. The average molecular weight is 463 g/mol. The van der Waals surface area contributed by atoms with Crippen molar-refractivity contribution in [1.82, 2.24) is 31.3 Å². The van der Waals surface area contributed by atoms with Crippen LogP contribution < -0.4 is 10.6 Å². The van der Waals surface area contributed by atoms with Crippen LogP contribution in [0.5, 0.6) is 0 Å². The van der Waals surface area contributed by atoms with E-state index < -0.39 is 11.7 Å². The summed E-state index contributed by atoms with van der Waals surface area (Å²) in [5.41, 5.74) is 1.24. The van der Waals surface area contributed by atoms with Gasteiger partial charge >= 0.3 is 6.18 Å². The number of benzene rings is 1. The van der Waals surface area contributed by atoms with Crippen molar-refractivity contribution in [3.63, 3.8) is 0 Å². The first-order valence-corrected chi connectivity index (χ1v) is 12.3. The highest BCUT2D eigenvalue weighted by Gasteiger charge is 2.37. The molecular weight excluding hydrogens is 429 g/mol. The molecule has 3 aliphatic rings. The molecule has 0 amide bonds. The summed E-state index contributed by atoms with van der Waals surface area (Å²) >= 11 is 0. The maximum atomic E-state index is 13.3. The first kappa shape index (κ1) is 22.8. The number of piperidine rings is 1. The lowest BCUT2D eigenvalue weighted by atomic mass is 9.67. The van der Waals surface area contributed by atoms with E-state index in [0.29, 0.717) is 23.1 Å². The molecule has 2 aliphatic carbocycles. The van der Waals surface area contributed by atoms with Crippen LogP contribution in [0.15, 0.2) is 18.2 Å². The fourth-order valence-corrected chi connectivity index (χ4v) is 6.32. The molecule has 9 heteroatoms. The molecule has 0 unspecified atom stereocenters. The second kappa shape index (κ2) is 9.33. The molecule has 3 fully saturated rings. The van der Waals surface area contributed by atoms with E-state index in [-0.39, 0.29) is 11.7 Å². The normalized spacial score (nSPS) is 26.5. The molecule has 2 saturated carbocycles. The third-order valence-corrected chi connectivity index (χ3v) is 8.32. The molecule has 3 N–H and O–H groups in total. The Balaban J connectivity index is 1.20. The molecule has 33 heavy (non-hydrogen) atoms. The maximum Gasteiger partial charge on any atom is 0.416 e. The first-order valence-electron chi connectivity index (χ1n) is 12.3. The number of H-pyrrole nitrogens is 1. The maximum absolute atomic E-state index is 13.3. The van der Waals surface area contributed by atoms with Crippen LogP contribution in [0, 0.1) is 5.41 Å². The lowest BCUT2D eigenvalue weighted by Crippen LogP contribution is -2.46. The summed E-state index contributed by atoms with van der Waals surface area (Å²) in [5.74, 6) is 0.439. The van der Waals surface area contributed by atoms with Crippen molar-refractivity contribution in [2.75, 3.05) is 13.1 Å². The van der Waals surface area contributed by atoms with Crippen LogP contribution in [0.25, 0.3) is 11.4 Å². The number of aromatic amines is 1. The van der Waals surface area contributed by atoms with Crippen LogP contribution in [0.3, 0.4) is 0 Å². The van der Waals surface area contributed by atoms with Gasteiger partial charge in [-0.1, -0.05) is 6.07 Å². The van der Waals surface area contributed by atoms with E-state index in [9.17, 15) is 13.2 Å². The largest absolute Gasteiger partial charge is 0.416 e. The molecule has 6 nitrogen and oxygen atoms in total. The van der Waals surface area contributed by atoms with Gasteiger partial charge in [-0.25, -0.2) is 0 Å². The van der Waals surface area contributed by atoms with Crippen molar-refractivity contribution in [3.05, 3.63) is 29.3 Å². The molecule has 0 bridgehead atoms. The summed E-state index contributed by atoms with van der Waals surface area (Å²) in [5, 5.41) is 21.3. The fourth-order valence-electron chi connectivity index (χ4n) is 6.32. The van der Waals surface area contributed by atoms with Gasteiger partial charge < -0.3 is 10.6 Å². The number of nitrogens with one attached hydrogen (secondary N) is 3. The Morgan fingerprint density at radius 1 is 0.909 bits per heavy atom. The van der Waals surface area contributed by atoms with Crippen molar-refractivity contribution in [1.29, 1.82) is 0 Å². The molecule has 5 rings (SSSR count). The molecular formula is C24H33F3N6. The van der Waals surface area contributed by atoms with Crippen molar-refractivity contribution in [2.24, 2.45) is 5.41 Å². The van der Waals surface area contributed by atoms with Crippen LogP contribution in [-0.4, -0.2) is 45.8 Å². The molecule has 2 heterocycles. The SMILES string of the molecule is FC(F)(F)c1ccc(C2CCC(NC3CCC4(CCNCC4)CC3)CC2)c(-c2nn[nH]n2)c1. The summed E-state index contributed by atoms with van der Waals surface area (Å²) in [7, 11) is 0. The molecule has 0 atom stereocenters. The molecule has 1 aromatic carbocycles. The summed E-state index contributed by atoms with van der Waals surface area (Å²) < 4.78 is 39.9. The van der Waals surface area contributed by atoms with Gasteiger partial charge in [0.25, 0.3) is 0 Å². The molecule has 2 aromatic rings. The second-order valence-corrected chi connectivity index (χ2v) is 10.3. The zero-order valence-corrected chi connectivity index (χ0v) is 18.9. The first-order chi connectivity index (χ1) is 15.9. The minimum atomic E-state index is -4.40. The molecule has 180 valence electrons. The minimum Gasteiger partial charge on any atom is -0.317 e. The molecule has 1 aromatic heterocycles. The Morgan fingerprint density at radius 3 is 2.24 bits per heavy atom. The minimum absolute atomic E-state index is 0.211. The number of alkyl halides is 3. The third kappa shape index (κ3) is 5.09. The average Bonchev–Trinajstić information content (AvgIpc) is 3.36. The molecule has 1 spiro atoms. The predicted octanol–water partition coefficient (Wildman–Crippen LogP) is 4.81. The number of rotatable bonds is 4. The smallest absolute Gasteiger partial charge is 0.317 e. The number of aromatic nitrogens is 4. The van der Waals surface area contributed by atoms with Gasteiger partial charge in [0.15, 0.2) is 0 Å². The topological polar surface area (TPSA) is 78.5 Å². The predicted molar refractivity (Wildman–Crippen MR) is 120 cm³/mol. The van der Waals surface area contributed by atoms with Crippen LogP contribution in [0.1, 0.15) is 81.3 Å². The molecule has 1 aliphatic heterocycles. The van der Waals surface area contributed by atoms with E-state index in [2.05, 4.69) is 31.3 Å². The molecule has 1 saturated heterocycles.